The lowest BCUT2D eigenvalue weighted by atomic mass is 10.1. The highest BCUT2D eigenvalue weighted by Crippen LogP contribution is 2.25. The number of amides is 1. The average molecular weight is 476 g/mol. The molecule has 1 N–H and O–H groups in total. The zero-order chi connectivity index (χ0) is 25.7. The fourth-order valence-corrected chi connectivity index (χ4v) is 3.49. The molecule has 4 rings (SSSR count). The molecule has 1 unspecified atom stereocenters. The number of carbonyl (C=O) groups is 2. The van der Waals surface area contributed by atoms with E-state index < -0.39 is 12.5 Å². The van der Waals surface area contributed by atoms with Crippen molar-refractivity contribution in [2.75, 3.05) is 0 Å². The van der Waals surface area contributed by atoms with Crippen LogP contribution in [0.5, 0.6) is 5.75 Å². The lowest BCUT2D eigenvalue weighted by Crippen LogP contribution is -2.36. The summed E-state index contributed by atoms with van der Waals surface area (Å²) in [4.78, 5) is 25.8. The molecule has 2 aromatic heterocycles. The molecule has 0 fully saturated rings. The minimum atomic E-state index is -1.03. The predicted octanol–water partition coefficient (Wildman–Crippen LogP) is 5.19. The normalized spacial score (nSPS) is 12.3. The Morgan fingerprint density at radius 2 is 1.89 bits per heavy atom. The second-order valence-corrected chi connectivity index (χ2v) is 8.17. The van der Waals surface area contributed by atoms with Gasteiger partial charge in [0.1, 0.15) is 18.1 Å². The van der Waals surface area contributed by atoms with E-state index in [1.54, 1.807) is 48.7 Å². The first-order valence-electron chi connectivity index (χ1n) is 11.7. The summed E-state index contributed by atoms with van der Waals surface area (Å²) in [5, 5.41) is 12.6. The molecule has 8 nitrogen and oxygen atoms in total. The van der Waals surface area contributed by atoms with Crippen molar-refractivity contribution in [3.05, 3.63) is 95.6 Å². The lowest BCUT2D eigenvalue weighted by Gasteiger charge is -2.28. The highest BCUT2D eigenvalue weighted by Gasteiger charge is 2.21. The Kier molecular flexibility index (Phi) is 6.89. The molecular weight excluding hydrogens is 448 g/mol. The molecule has 2 heterocycles. The van der Waals surface area contributed by atoms with Crippen LogP contribution in [0.15, 0.2) is 81.9 Å². The van der Waals surface area contributed by atoms with E-state index in [2.05, 4.69) is 5.16 Å². The van der Waals surface area contributed by atoms with Crippen LogP contribution in [0.3, 0.4) is 0 Å². The molecular formula is C27H26N2O6. The van der Waals surface area contributed by atoms with Gasteiger partial charge in [-0.15, -0.1) is 0 Å². The molecule has 0 spiro atoms. The van der Waals surface area contributed by atoms with Crippen LogP contribution in [0.2, 0.25) is 0 Å². The molecule has 2 aromatic carbocycles. The van der Waals surface area contributed by atoms with Gasteiger partial charge in [-0.1, -0.05) is 35.5 Å². The van der Waals surface area contributed by atoms with Gasteiger partial charge in [-0.3, -0.25) is 9.59 Å². The van der Waals surface area contributed by atoms with Gasteiger partial charge in [-0.25, -0.2) is 0 Å². The number of hydrogen-bond acceptors (Lipinski definition) is 6. The number of carboxylic acid groups (broad SMARTS) is 1. The molecule has 0 aliphatic rings. The van der Waals surface area contributed by atoms with E-state index in [1.807, 2.05) is 32.0 Å². The molecule has 0 saturated heterocycles. The number of nitrogens with zero attached hydrogens (tertiary/aromatic N) is 2. The Labute approximate surface area is 204 Å². The number of ether oxygens (including phenoxy) is 1. The van der Waals surface area contributed by atoms with Gasteiger partial charge in [0.05, 0.1) is 19.7 Å². The van der Waals surface area contributed by atoms with Gasteiger partial charge in [-0.2, -0.15) is 0 Å². The van der Waals surface area contributed by atoms with E-state index in [9.17, 15) is 9.59 Å². The first kappa shape index (κ1) is 22.5. The molecule has 35 heavy (non-hydrogen) atoms. The Hall–Kier alpha value is -4.33. The summed E-state index contributed by atoms with van der Waals surface area (Å²) in [5.41, 5.74) is 2.12. The van der Waals surface area contributed by atoms with E-state index in [1.165, 1.54) is 11.0 Å². The number of para-hydroxylation sites is 1. The Morgan fingerprint density at radius 1 is 1.11 bits per heavy atom. The van der Waals surface area contributed by atoms with Gasteiger partial charge >= 0.3 is 5.97 Å². The van der Waals surface area contributed by atoms with Gasteiger partial charge in [-0.05, 0) is 44.2 Å². The van der Waals surface area contributed by atoms with Crippen LogP contribution in [-0.4, -0.2) is 33.1 Å². The number of carbonyl (C=O) groups excluding carboxylic acids is 1. The summed E-state index contributed by atoms with van der Waals surface area (Å²) in [6, 6.07) is 19.0. The summed E-state index contributed by atoms with van der Waals surface area (Å²) in [5.74, 6) is 0.198. The van der Waals surface area contributed by atoms with E-state index >= 15 is 0 Å². The standard InChI is InChI=1S/C27H26N2O6/c1-18(2)29(27(32)20-11-9-19(10-12-20)24-8-5-13-33-24)16-21-6-3-4-7-25(21)34-17-23-14-22(28-35-23)15-26(30)31/h3-14,18H,15-17H2,1-2H3,(H,30,31)/i16D. The summed E-state index contributed by atoms with van der Waals surface area (Å²) in [6.07, 6.45) is 1.35. The number of rotatable bonds is 10. The first-order chi connectivity index (χ1) is 17.3. The van der Waals surface area contributed by atoms with Gasteiger partial charge in [0.2, 0.25) is 0 Å². The van der Waals surface area contributed by atoms with Gasteiger partial charge in [0, 0.05) is 35.3 Å². The fourth-order valence-electron chi connectivity index (χ4n) is 3.49. The summed E-state index contributed by atoms with van der Waals surface area (Å²) in [6.45, 7) is 2.69. The molecule has 0 saturated carbocycles. The van der Waals surface area contributed by atoms with Crippen molar-refractivity contribution < 1.29 is 29.7 Å². The topological polar surface area (TPSA) is 106 Å². The summed E-state index contributed by atoms with van der Waals surface area (Å²) < 4.78 is 25.4. The Balaban J connectivity index is 1.52. The van der Waals surface area contributed by atoms with Crippen LogP contribution in [0.4, 0.5) is 0 Å². The highest BCUT2D eigenvalue weighted by molar-refractivity contribution is 5.94. The highest BCUT2D eigenvalue weighted by atomic mass is 16.5. The van der Waals surface area contributed by atoms with Crippen molar-refractivity contribution in [2.45, 2.75) is 39.4 Å². The predicted molar refractivity (Wildman–Crippen MR) is 128 cm³/mol. The third kappa shape index (κ3) is 5.97. The van der Waals surface area contributed by atoms with E-state index in [-0.39, 0.29) is 25.0 Å². The Bertz CT molecular complexity index is 1310. The van der Waals surface area contributed by atoms with Crippen molar-refractivity contribution in [3.8, 4) is 17.1 Å². The summed E-state index contributed by atoms with van der Waals surface area (Å²) >= 11 is 0. The number of hydrogen-bond donors (Lipinski definition) is 1. The molecule has 1 atom stereocenters. The molecule has 0 aliphatic carbocycles. The van der Waals surface area contributed by atoms with Gasteiger partial charge in [0.15, 0.2) is 5.76 Å². The van der Waals surface area contributed by atoms with Crippen LogP contribution in [0.25, 0.3) is 11.3 Å². The molecule has 0 bridgehead atoms. The second kappa shape index (κ2) is 10.7. The van der Waals surface area contributed by atoms with Crippen molar-refractivity contribution in [1.82, 2.24) is 10.1 Å². The maximum Gasteiger partial charge on any atom is 0.309 e. The minimum absolute atomic E-state index is 0.000217. The number of furan rings is 1. The van der Waals surface area contributed by atoms with Gasteiger partial charge in [0.25, 0.3) is 5.91 Å². The molecule has 1 amide bonds. The SMILES string of the molecule is [2H]C(c1ccccc1OCc1cc(CC(=O)O)no1)N(C(=O)c1ccc(-c2ccco2)cc1)C(C)C. The maximum absolute atomic E-state index is 13.5. The third-order valence-electron chi connectivity index (χ3n) is 5.24. The number of aliphatic carboxylic acids is 1. The molecule has 180 valence electrons. The van der Waals surface area contributed by atoms with Crippen LogP contribution in [-0.2, 0) is 24.3 Å². The van der Waals surface area contributed by atoms with E-state index in [4.69, 9.17) is 20.2 Å². The van der Waals surface area contributed by atoms with Crippen molar-refractivity contribution in [2.24, 2.45) is 0 Å². The molecule has 8 heteroatoms. The van der Waals surface area contributed by atoms with Crippen molar-refractivity contribution in [3.63, 3.8) is 0 Å². The second-order valence-electron chi connectivity index (χ2n) is 8.17. The molecule has 0 radical (unpaired) electrons. The first-order valence-corrected chi connectivity index (χ1v) is 11.1. The quantitative estimate of drug-likeness (QED) is 0.336. The van der Waals surface area contributed by atoms with E-state index in [0.717, 1.165) is 5.56 Å². The van der Waals surface area contributed by atoms with Crippen molar-refractivity contribution >= 4 is 11.9 Å². The minimum Gasteiger partial charge on any atom is -0.485 e. The lowest BCUT2D eigenvalue weighted by molar-refractivity contribution is -0.136. The van der Waals surface area contributed by atoms with E-state index in [0.29, 0.717) is 34.1 Å². The van der Waals surface area contributed by atoms with Crippen LogP contribution in [0, 0.1) is 0 Å². The fraction of sp³-hybridized carbons (Fsp3) is 0.222. The monoisotopic (exact) mass is 475 g/mol. The zero-order valence-corrected chi connectivity index (χ0v) is 19.4. The third-order valence-corrected chi connectivity index (χ3v) is 5.24. The maximum atomic E-state index is 13.5. The molecule has 0 aliphatic heterocycles. The van der Waals surface area contributed by atoms with Crippen LogP contribution < -0.4 is 4.74 Å². The number of benzene rings is 2. The Morgan fingerprint density at radius 3 is 2.57 bits per heavy atom. The average Bonchev–Trinajstić information content (AvgIpc) is 3.55. The number of aromatic nitrogens is 1. The van der Waals surface area contributed by atoms with Crippen molar-refractivity contribution in [1.29, 1.82) is 0 Å². The van der Waals surface area contributed by atoms with Crippen LogP contribution in [0.1, 0.15) is 42.6 Å². The summed E-state index contributed by atoms with van der Waals surface area (Å²) in [7, 11) is 0. The molecule has 4 aromatic rings. The smallest absolute Gasteiger partial charge is 0.309 e. The zero-order valence-electron chi connectivity index (χ0n) is 20.4. The number of carboxylic acids is 1. The van der Waals surface area contributed by atoms with Gasteiger partial charge < -0.3 is 23.7 Å². The largest absolute Gasteiger partial charge is 0.485 e. The van der Waals surface area contributed by atoms with Crippen LogP contribution >= 0.6 is 0 Å².